The Morgan fingerprint density at radius 1 is 1.04 bits per heavy atom. The van der Waals surface area contributed by atoms with Crippen LogP contribution in [-0.2, 0) is 4.79 Å². The maximum Gasteiger partial charge on any atom is 0.265 e. The molecule has 3 aromatic rings. The third-order valence-corrected chi connectivity index (χ3v) is 3.88. The third-order valence-electron chi connectivity index (χ3n) is 3.88. The van der Waals surface area contributed by atoms with Crippen LogP contribution in [0.15, 0.2) is 51.9 Å². The number of fused-ring (bicyclic) bond motifs is 1. The second-order valence-corrected chi connectivity index (χ2v) is 5.68. The highest BCUT2D eigenvalue weighted by atomic mass is 16.3. The minimum absolute atomic E-state index is 0.0431. The lowest BCUT2D eigenvalue weighted by Crippen LogP contribution is -2.36. The Bertz CT molecular complexity index is 1100. The van der Waals surface area contributed by atoms with Gasteiger partial charge in [-0.05, 0) is 23.8 Å². The molecule has 0 saturated carbocycles. The molecule has 9 heteroatoms. The van der Waals surface area contributed by atoms with Crippen LogP contribution in [0.3, 0.4) is 0 Å². The number of carbonyl (C=O) groups is 2. The lowest BCUT2D eigenvalue weighted by Gasteiger charge is -2.15. The van der Waals surface area contributed by atoms with Gasteiger partial charge in [0.2, 0.25) is 5.43 Å². The lowest BCUT2D eigenvalue weighted by molar-refractivity contribution is -0.120. The average Bonchev–Trinajstić information content (AvgIpc) is 2.62. The van der Waals surface area contributed by atoms with Gasteiger partial charge in [0.15, 0.2) is 11.5 Å². The highest BCUT2D eigenvalue weighted by Gasteiger charge is 2.24. The Labute approximate surface area is 151 Å². The minimum atomic E-state index is -1.36. The van der Waals surface area contributed by atoms with Crippen LogP contribution in [-0.4, -0.2) is 27.1 Å². The quantitative estimate of drug-likeness (QED) is 0.502. The molecule has 0 aliphatic carbocycles. The molecule has 0 aliphatic rings. The molecule has 0 fully saturated rings. The zero-order chi connectivity index (χ0) is 19.7. The molecule has 1 radical (unpaired) electrons. The molecule has 0 spiro atoms. The van der Waals surface area contributed by atoms with Gasteiger partial charge in [0, 0.05) is 6.07 Å². The van der Waals surface area contributed by atoms with Crippen molar-refractivity contribution in [3.8, 4) is 17.2 Å². The van der Waals surface area contributed by atoms with E-state index >= 15 is 0 Å². The van der Waals surface area contributed by atoms with Crippen molar-refractivity contribution in [2.75, 3.05) is 0 Å². The molecule has 0 bridgehead atoms. The highest BCUT2D eigenvalue weighted by molar-refractivity contribution is 5.99. The van der Waals surface area contributed by atoms with Gasteiger partial charge in [-0.2, -0.15) is 0 Å². The van der Waals surface area contributed by atoms with Gasteiger partial charge in [-0.3, -0.25) is 20.1 Å². The van der Waals surface area contributed by atoms with Crippen LogP contribution in [0.5, 0.6) is 17.2 Å². The summed E-state index contributed by atoms with van der Waals surface area (Å²) in [4.78, 5) is 36.5. The largest absolute Gasteiger partial charge is 0.508 e. The van der Waals surface area contributed by atoms with Crippen molar-refractivity contribution < 1.29 is 29.3 Å². The molecule has 3 rings (SSSR count). The summed E-state index contributed by atoms with van der Waals surface area (Å²) in [6, 6.07) is 5.92. The smallest absolute Gasteiger partial charge is 0.265 e. The van der Waals surface area contributed by atoms with E-state index in [0.29, 0.717) is 0 Å². The lowest BCUT2D eigenvalue weighted by atomic mass is 10.1. The Balaban J connectivity index is 1.98. The molecule has 1 atom stereocenters. The number of hydrogen-bond donors (Lipinski definition) is 4. The van der Waals surface area contributed by atoms with Crippen LogP contribution in [0.4, 0.5) is 0 Å². The van der Waals surface area contributed by atoms with Crippen molar-refractivity contribution in [3.05, 3.63) is 64.0 Å². The van der Waals surface area contributed by atoms with E-state index in [4.69, 9.17) is 10.2 Å². The first-order chi connectivity index (χ1) is 12.8. The van der Waals surface area contributed by atoms with Gasteiger partial charge in [0.25, 0.3) is 11.8 Å². The van der Waals surface area contributed by atoms with Crippen molar-refractivity contribution in [1.29, 1.82) is 0 Å². The van der Waals surface area contributed by atoms with Gasteiger partial charge in [-0.1, -0.05) is 12.1 Å². The molecule has 1 heterocycles. The number of hydrogen-bond acceptors (Lipinski definition) is 7. The number of amides is 2. The summed E-state index contributed by atoms with van der Waals surface area (Å²) >= 11 is 0. The summed E-state index contributed by atoms with van der Waals surface area (Å²) in [5, 5.41) is 30.4. The summed E-state index contributed by atoms with van der Waals surface area (Å²) in [6.07, 6.45) is 0.860. The molecule has 5 N–H and O–H groups in total. The molecule has 137 valence electrons. The van der Waals surface area contributed by atoms with E-state index in [1.807, 2.05) is 0 Å². The Morgan fingerprint density at radius 3 is 2.30 bits per heavy atom. The van der Waals surface area contributed by atoms with E-state index in [-0.39, 0.29) is 22.3 Å². The Kier molecular flexibility index (Phi) is 4.43. The van der Waals surface area contributed by atoms with E-state index < -0.39 is 40.3 Å². The number of carbonyl (C=O) groups excluding carboxylic acids is 2. The van der Waals surface area contributed by atoms with Crippen LogP contribution < -0.4 is 16.5 Å². The van der Waals surface area contributed by atoms with Gasteiger partial charge >= 0.3 is 0 Å². The number of aromatic hydroxyl groups is 3. The zero-order valence-electron chi connectivity index (χ0n) is 13.6. The summed E-state index contributed by atoms with van der Waals surface area (Å²) < 4.78 is 5.15. The first-order valence-electron chi connectivity index (χ1n) is 7.60. The highest BCUT2D eigenvalue weighted by Crippen LogP contribution is 2.28. The third kappa shape index (κ3) is 3.38. The number of phenolic OH excluding ortho intramolecular Hbond substituents is 3. The molecular formula is C18H13N2O7. The Hall–Kier alpha value is -4.01. The van der Waals surface area contributed by atoms with Crippen LogP contribution in [0.25, 0.3) is 11.0 Å². The maximum atomic E-state index is 12.5. The predicted octanol–water partition coefficient (Wildman–Crippen LogP) is 1.19. The molecule has 2 aromatic carbocycles. The topological polar surface area (TPSA) is 161 Å². The van der Waals surface area contributed by atoms with Crippen molar-refractivity contribution in [2.24, 2.45) is 0 Å². The van der Waals surface area contributed by atoms with Gasteiger partial charge in [0.1, 0.15) is 29.2 Å². The first kappa shape index (κ1) is 17.8. The van der Waals surface area contributed by atoms with Crippen molar-refractivity contribution in [3.63, 3.8) is 0 Å². The predicted molar refractivity (Wildman–Crippen MR) is 92.2 cm³/mol. The second kappa shape index (κ2) is 6.71. The maximum absolute atomic E-state index is 12.5. The van der Waals surface area contributed by atoms with Gasteiger partial charge in [-0.25, -0.2) is 0 Å². The fourth-order valence-electron chi connectivity index (χ4n) is 2.49. The molecule has 0 saturated heterocycles. The fourth-order valence-corrected chi connectivity index (χ4v) is 2.49. The van der Waals surface area contributed by atoms with Crippen molar-refractivity contribution in [1.82, 2.24) is 11.1 Å². The Morgan fingerprint density at radius 2 is 1.67 bits per heavy atom. The second-order valence-electron chi connectivity index (χ2n) is 5.68. The molecule has 2 amide bonds. The molecular weight excluding hydrogens is 356 g/mol. The first-order valence-corrected chi connectivity index (χ1v) is 7.60. The number of benzene rings is 2. The fraction of sp³-hybridized carbons (Fsp3) is 0.0556. The molecule has 27 heavy (non-hydrogen) atoms. The normalized spacial score (nSPS) is 11.9. The molecule has 9 nitrogen and oxygen atoms in total. The number of rotatable bonds is 4. The summed E-state index contributed by atoms with van der Waals surface area (Å²) in [5.41, 5.74) is 6.31. The zero-order valence-corrected chi connectivity index (χ0v) is 13.6. The molecule has 1 unspecified atom stereocenters. The van der Waals surface area contributed by atoms with Crippen molar-refractivity contribution in [2.45, 2.75) is 6.04 Å². The van der Waals surface area contributed by atoms with Crippen LogP contribution in [0, 0.1) is 0 Å². The van der Waals surface area contributed by atoms with E-state index in [0.717, 1.165) is 18.4 Å². The molecule has 1 aromatic heterocycles. The number of nitrogens with one attached hydrogen (secondary N) is 2. The van der Waals surface area contributed by atoms with Gasteiger partial charge in [0.05, 0.1) is 5.39 Å². The number of phenols is 3. The van der Waals surface area contributed by atoms with Crippen LogP contribution in [0.2, 0.25) is 0 Å². The van der Waals surface area contributed by atoms with Crippen LogP contribution in [0.1, 0.15) is 22.0 Å². The standard InChI is InChI=1S/C18H13N2O7/c19-17(25)15(8-1-3-9(21)4-2-8)20-18(26)11-7-27-14-6-13(23)12(22)5-10(14)16(11)24/h1-7,15,19,21-23H,(H,20,26). The van der Waals surface area contributed by atoms with Crippen LogP contribution >= 0.6 is 0 Å². The SMILES string of the molecule is [NH]C(=O)C(NC(=O)c1coc2cc(O)c(O)cc2c1=O)c1ccc(O)cc1. The monoisotopic (exact) mass is 369 g/mol. The summed E-state index contributed by atoms with van der Waals surface area (Å²) in [5.74, 6) is -3.19. The van der Waals surface area contributed by atoms with E-state index in [9.17, 15) is 29.7 Å². The van der Waals surface area contributed by atoms with Gasteiger partial charge in [-0.15, -0.1) is 0 Å². The average molecular weight is 369 g/mol. The van der Waals surface area contributed by atoms with Crippen molar-refractivity contribution >= 4 is 22.8 Å². The summed E-state index contributed by atoms with van der Waals surface area (Å²) in [6.45, 7) is 0. The molecule has 0 aliphatic heterocycles. The van der Waals surface area contributed by atoms with Gasteiger partial charge < -0.3 is 25.1 Å². The van der Waals surface area contributed by atoms with E-state index in [2.05, 4.69) is 5.32 Å². The van der Waals surface area contributed by atoms with E-state index in [1.165, 1.54) is 24.3 Å². The minimum Gasteiger partial charge on any atom is -0.508 e. The summed E-state index contributed by atoms with van der Waals surface area (Å²) in [7, 11) is 0. The van der Waals surface area contributed by atoms with E-state index in [1.54, 1.807) is 0 Å².